The van der Waals surface area contributed by atoms with Gasteiger partial charge in [-0.05, 0) is 81.9 Å². The minimum Gasteiger partial charge on any atom is -0.372 e. The summed E-state index contributed by atoms with van der Waals surface area (Å²) < 4.78 is 0. The fraction of sp³-hybridized carbons (Fsp3) is 0.517. The van der Waals surface area contributed by atoms with E-state index in [-0.39, 0.29) is 17.9 Å². The Morgan fingerprint density at radius 2 is 1.51 bits per heavy atom. The van der Waals surface area contributed by atoms with Gasteiger partial charge in [0.15, 0.2) is 0 Å². The van der Waals surface area contributed by atoms with E-state index >= 15 is 0 Å². The molecule has 0 radical (unpaired) electrons. The summed E-state index contributed by atoms with van der Waals surface area (Å²) in [6.07, 6.45) is 5.16. The van der Waals surface area contributed by atoms with Crippen LogP contribution in [0.5, 0.6) is 0 Å². The van der Waals surface area contributed by atoms with Crippen LogP contribution in [0.15, 0.2) is 54.6 Å². The van der Waals surface area contributed by atoms with Crippen LogP contribution in [0.2, 0.25) is 0 Å². The number of likely N-dealkylation sites (tertiary alicyclic amines) is 1. The minimum atomic E-state index is 0.119. The lowest BCUT2D eigenvalue weighted by Crippen LogP contribution is -2.50. The lowest BCUT2D eigenvalue weighted by molar-refractivity contribution is -0.134. The normalized spacial score (nSPS) is 17.6. The van der Waals surface area contributed by atoms with E-state index < -0.39 is 0 Å². The highest BCUT2D eigenvalue weighted by Crippen LogP contribution is 2.28. The highest BCUT2D eigenvalue weighted by atomic mass is 16.2. The molecule has 1 unspecified atom stereocenters. The van der Waals surface area contributed by atoms with Crippen molar-refractivity contribution >= 4 is 17.5 Å². The Balaban J connectivity index is 1.39. The number of rotatable bonds is 8. The lowest BCUT2D eigenvalue weighted by Gasteiger charge is -2.40. The van der Waals surface area contributed by atoms with Crippen molar-refractivity contribution in [2.75, 3.05) is 58.8 Å². The summed E-state index contributed by atoms with van der Waals surface area (Å²) >= 11 is 0. The Bertz CT molecular complexity index is 962. The fourth-order valence-corrected chi connectivity index (χ4v) is 5.50. The molecule has 6 nitrogen and oxygen atoms in total. The monoisotopic (exact) mass is 476 g/mol. The zero-order chi connectivity index (χ0) is 24.8. The van der Waals surface area contributed by atoms with Crippen molar-refractivity contribution in [2.24, 2.45) is 5.92 Å². The van der Waals surface area contributed by atoms with Crippen molar-refractivity contribution in [1.29, 1.82) is 0 Å². The molecule has 1 atom stereocenters. The van der Waals surface area contributed by atoms with Crippen molar-refractivity contribution < 1.29 is 9.59 Å². The number of anilines is 1. The third-order valence-corrected chi connectivity index (χ3v) is 7.59. The zero-order valence-corrected chi connectivity index (χ0v) is 21.5. The summed E-state index contributed by atoms with van der Waals surface area (Å²) in [6.45, 7) is 4.09. The second kappa shape index (κ2) is 11.7. The van der Waals surface area contributed by atoms with Crippen LogP contribution in [0.3, 0.4) is 0 Å². The topological polar surface area (TPSA) is 47.1 Å². The van der Waals surface area contributed by atoms with Gasteiger partial charge in [-0.1, -0.05) is 30.3 Å². The fourth-order valence-electron chi connectivity index (χ4n) is 5.50. The maximum absolute atomic E-state index is 13.2. The highest BCUT2D eigenvalue weighted by molar-refractivity contribution is 5.94. The van der Waals surface area contributed by atoms with E-state index in [0.29, 0.717) is 12.5 Å². The molecule has 2 heterocycles. The van der Waals surface area contributed by atoms with Crippen LogP contribution in [0.4, 0.5) is 5.69 Å². The first-order chi connectivity index (χ1) is 16.9. The van der Waals surface area contributed by atoms with Gasteiger partial charge in [0.05, 0.1) is 6.54 Å². The van der Waals surface area contributed by atoms with Crippen LogP contribution < -0.4 is 4.90 Å². The van der Waals surface area contributed by atoms with Gasteiger partial charge < -0.3 is 19.6 Å². The van der Waals surface area contributed by atoms with Gasteiger partial charge in [0, 0.05) is 50.5 Å². The molecule has 2 amide bonds. The number of hydrogen-bond donors (Lipinski definition) is 0. The Kier molecular flexibility index (Phi) is 8.45. The van der Waals surface area contributed by atoms with E-state index in [1.165, 1.54) is 24.1 Å². The molecule has 188 valence electrons. The number of nitrogens with zero attached hydrogens (tertiary/aromatic N) is 4. The third-order valence-electron chi connectivity index (χ3n) is 7.59. The first kappa shape index (κ1) is 25.2. The second-order valence-corrected chi connectivity index (χ2v) is 10.4. The summed E-state index contributed by atoms with van der Waals surface area (Å²) in [4.78, 5) is 34.4. The maximum Gasteiger partial charge on any atom is 0.253 e. The number of hydrogen-bond acceptors (Lipinski definition) is 4. The summed E-state index contributed by atoms with van der Waals surface area (Å²) in [5.74, 6) is 0.633. The number of likely N-dealkylation sites (N-methyl/N-ethyl adjacent to an activating group) is 2. The van der Waals surface area contributed by atoms with Crippen molar-refractivity contribution in [3.8, 4) is 0 Å². The average Bonchev–Trinajstić information content (AvgIpc) is 3.42. The molecule has 2 saturated heterocycles. The maximum atomic E-state index is 13.2. The number of carbonyl (C=O) groups excluding carboxylic acids is 2. The molecule has 0 N–H and O–H groups in total. The predicted molar refractivity (Wildman–Crippen MR) is 142 cm³/mol. The molecule has 2 aromatic rings. The Morgan fingerprint density at radius 3 is 2.11 bits per heavy atom. The molecule has 0 spiro atoms. The van der Waals surface area contributed by atoms with Crippen molar-refractivity contribution in [1.82, 2.24) is 14.7 Å². The minimum absolute atomic E-state index is 0.119. The van der Waals surface area contributed by atoms with E-state index in [4.69, 9.17) is 0 Å². The van der Waals surface area contributed by atoms with Crippen LogP contribution >= 0.6 is 0 Å². The molecule has 35 heavy (non-hydrogen) atoms. The molecular weight excluding hydrogens is 436 g/mol. The molecule has 0 saturated carbocycles. The first-order valence-electron chi connectivity index (χ1n) is 13.0. The van der Waals surface area contributed by atoms with E-state index in [1.807, 2.05) is 54.0 Å². The first-order valence-corrected chi connectivity index (χ1v) is 13.0. The van der Waals surface area contributed by atoms with Crippen molar-refractivity contribution in [2.45, 2.75) is 38.1 Å². The lowest BCUT2D eigenvalue weighted by atomic mass is 9.84. The number of piperidine rings is 1. The molecule has 4 rings (SSSR count). The second-order valence-electron chi connectivity index (χ2n) is 10.4. The van der Waals surface area contributed by atoms with Crippen molar-refractivity contribution in [3.05, 3.63) is 65.7 Å². The van der Waals surface area contributed by atoms with Gasteiger partial charge >= 0.3 is 0 Å². The summed E-state index contributed by atoms with van der Waals surface area (Å²) in [7, 11) is 5.80. The quantitative estimate of drug-likeness (QED) is 0.582. The predicted octanol–water partition coefficient (Wildman–Crippen LogP) is 3.77. The van der Waals surface area contributed by atoms with Crippen LogP contribution in [0.25, 0.3) is 0 Å². The van der Waals surface area contributed by atoms with Gasteiger partial charge in [0.25, 0.3) is 5.91 Å². The smallest absolute Gasteiger partial charge is 0.253 e. The Morgan fingerprint density at radius 1 is 0.886 bits per heavy atom. The molecule has 0 aliphatic carbocycles. The average molecular weight is 477 g/mol. The number of benzene rings is 2. The van der Waals surface area contributed by atoms with Gasteiger partial charge in [-0.3, -0.25) is 9.59 Å². The van der Waals surface area contributed by atoms with E-state index in [1.54, 1.807) is 0 Å². The molecule has 0 bridgehead atoms. The van der Waals surface area contributed by atoms with Gasteiger partial charge in [-0.15, -0.1) is 0 Å². The van der Waals surface area contributed by atoms with E-state index in [0.717, 1.165) is 51.0 Å². The molecular formula is C29H40N4O2. The standard InChI is InChI=1S/C29H40N4O2/c1-30(2)22-28(34)31(3)27(21-23-9-5-4-6-10-23)24-15-19-33(20-16-24)29(35)25-11-13-26(14-12-25)32-17-7-8-18-32/h4-6,9-14,24,27H,7-8,15-22H2,1-3H3. The van der Waals surface area contributed by atoms with Crippen LogP contribution in [-0.2, 0) is 11.2 Å². The largest absolute Gasteiger partial charge is 0.372 e. The summed E-state index contributed by atoms with van der Waals surface area (Å²) in [5.41, 5.74) is 3.23. The molecule has 2 aliphatic heterocycles. The van der Waals surface area contributed by atoms with Crippen LogP contribution in [0, 0.1) is 5.92 Å². The summed E-state index contributed by atoms with van der Waals surface area (Å²) in [5, 5.41) is 0. The third kappa shape index (κ3) is 6.43. The molecule has 2 aliphatic rings. The van der Waals surface area contributed by atoms with Gasteiger partial charge in [-0.25, -0.2) is 0 Å². The van der Waals surface area contributed by atoms with Gasteiger partial charge in [-0.2, -0.15) is 0 Å². The van der Waals surface area contributed by atoms with Crippen LogP contribution in [0.1, 0.15) is 41.6 Å². The Labute approximate surface area is 210 Å². The number of amides is 2. The molecule has 0 aromatic heterocycles. The molecule has 6 heteroatoms. The number of carbonyl (C=O) groups is 2. The van der Waals surface area contributed by atoms with Gasteiger partial charge in [0.1, 0.15) is 0 Å². The van der Waals surface area contributed by atoms with Crippen molar-refractivity contribution in [3.63, 3.8) is 0 Å². The van der Waals surface area contributed by atoms with Gasteiger partial charge in [0.2, 0.25) is 5.91 Å². The van der Waals surface area contributed by atoms with E-state index in [9.17, 15) is 9.59 Å². The van der Waals surface area contributed by atoms with E-state index in [2.05, 4.69) is 41.3 Å². The highest BCUT2D eigenvalue weighted by Gasteiger charge is 2.33. The SMILES string of the molecule is CN(C)CC(=O)N(C)C(Cc1ccccc1)C1CCN(C(=O)c2ccc(N3CCCC3)cc2)CC1. The summed E-state index contributed by atoms with van der Waals surface area (Å²) in [6, 6.07) is 18.7. The molecule has 2 aromatic carbocycles. The van der Waals surface area contributed by atoms with Crippen LogP contribution in [-0.4, -0.2) is 86.4 Å². The molecule has 2 fully saturated rings. The Hall–Kier alpha value is -2.86. The zero-order valence-electron chi connectivity index (χ0n) is 21.5.